The number of amides is 3. The molecule has 2 heterocycles. The van der Waals surface area contributed by atoms with E-state index < -0.39 is 0 Å². The average Bonchev–Trinajstić information content (AvgIpc) is 2.69. The molecule has 7 heteroatoms. The SMILES string of the molecule is CC(NC(=O)N1CCN(CC(=O)N2CCCCC2)CC1)c1ccccc1Cl. The molecule has 0 radical (unpaired) electrons. The van der Waals surface area contributed by atoms with E-state index in [1.165, 1.54) is 6.42 Å². The number of halogens is 1. The number of carbonyl (C=O) groups excluding carboxylic acids is 2. The molecule has 0 spiro atoms. The summed E-state index contributed by atoms with van der Waals surface area (Å²) in [6.45, 7) is 6.91. The summed E-state index contributed by atoms with van der Waals surface area (Å²) in [5, 5.41) is 3.68. The molecule has 1 unspecified atom stereocenters. The number of urea groups is 1. The van der Waals surface area contributed by atoms with E-state index in [0.29, 0.717) is 24.7 Å². The molecule has 2 fully saturated rings. The molecule has 1 N–H and O–H groups in total. The zero-order valence-electron chi connectivity index (χ0n) is 16.0. The van der Waals surface area contributed by atoms with Crippen molar-refractivity contribution >= 4 is 23.5 Å². The number of rotatable bonds is 4. The van der Waals surface area contributed by atoms with Gasteiger partial charge in [-0.15, -0.1) is 0 Å². The third-order valence-electron chi connectivity index (χ3n) is 5.44. The summed E-state index contributed by atoms with van der Waals surface area (Å²) in [6.07, 6.45) is 3.46. The van der Waals surface area contributed by atoms with Crippen molar-refractivity contribution in [2.24, 2.45) is 0 Å². The Balaban J connectivity index is 1.43. The summed E-state index contributed by atoms with van der Waals surface area (Å²) in [7, 11) is 0. The van der Waals surface area contributed by atoms with Crippen LogP contribution in [0.1, 0.15) is 37.8 Å². The first-order chi connectivity index (χ1) is 13.0. The standard InChI is InChI=1S/C20H29ClN4O2/c1-16(17-7-3-4-8-18(17)21)22-20(27)25-13-11-23(12-14-25)15-19(26)24-9-5-2-6-10-24/h3-4,7-8,16H,2,5-6,9-15H2,1H3,(H,22,27). The molecule has 2 aliphatic rings. The van der Waals surface area contributed by atoms with Gasteiger partial charge in [0.2, 0.25) is 5.91 Å². The van der Waals surface area contributed by atoms with Crippen LogP contribution in [-0.4, -0.2) is 72.5 Å². The second-order valence-corrected chi connectivity index (χ2v) is 7.80. The van der Waals surface area contributed by atoms with E-state index in [4.69, 9.17) is 11.6 Å². The van der Waals surface area contributed by atoms with Crippen LogP contribution in [0.25, 0.3) is 0 Å². The maximum absolute atomic E-state index is 12.5. The van der Waals surface area contributed by atoms with Gasteiger partial charge in [0.05, 0.1) is 12.6 Å². The van der Waals surface area contributed by atoms with Crippen molar-refractivity contribution in [2.75, 3.05) is 45.8 Å². The molecule has 0 aromatic heterocycles. The molecular formula is C20H29ClN4O2. The largest absolute Gasteiger partial charge is 0.342 e. The first kappa shape index (κ1) is 20.0. The molecule has 2 saturated heterocycles. The Morgan fingerprint density at radius 3 is 2.33 bits per heavy atom. The monoisotopic (exact) mass is 392 g/mol. The van der Waals surface area contributed by atoms with Gasteiger partial charge in [0, 0.05) is 44.3 Å². The smallest absolute Gasteiger partial charge is 0.317 e. The number of likely N-dealkylation sites (tertiary alicyclic amines) is 1. The number of carbonyl (C=O) groups is 2. The van der Waals surface area contributed by atoms with Gasteiger partial charge in [0.15, 0.2) is 0 Å². The summed E-state index contributed by atoms with van der Waals surface area (Å²) in [6, 6.07) is 7.33. The quantitative estimate of drug-likeness (QED) is 0.857. The lowest BCUT2D eigenvalue weighted by Gasteiger charge is -2.36. The fourth-order valence-electron chi connectivity index (χ4n) is 3.72. The van der Waals surface area contributed by atoms with Crippen LogP contribution in [0.5, 0.6) is 0 Å². The van der Waals surface area contributed by atoms with Crippen LogP contribution in [0, 0.1) is 0 Å². The fraction of sp³-hybridized carbons (Fsp3) is 0.600. The lowest BCUT2D eigenvalue weighted by Crippen LogP contribution is -2.54. The summed E-state index contributed by atoms with van der Waals surface area (Å²) in [5.74, 6) is 0.222. The highest BCUT2D eigenvalue weighted by atomic mass is 35.5. The summed E-state index contributed by atoms with van der Waals surface area (Å²) in [5.41, 5.74) is 0.915. The van der Waals surface area contributed by atoms with Crippen LogP contribution in [0.15, 0.2) is 24.3 Å². The van der Waals surface area contributed by atoms with Gasteiger partial charge in [-0.05, 0) is 37.8 Å². The Hall–Kier alpha value is -1.79. The van der Waals surface area contributed by atoms with Crippen LogP contribution >= 0.6 is 11.6 Å². The second-order valence-electron chi connectivity index (χ2n) is 7.40. The van der Waals surface area contributed by atoms with Crippen molar-refractivity contribution in [3.63, 3.8) is 0 Å². The van der Waals surface area contributed by atoms with Gasteiger partial charge in [0.25, 0.3) is 0 Å². The number of piperazine rings is 1. The minimum absolute atomic E-state index is 0.0792. The molecule has 0 bridgehead atoms. The number of benzene rings is 1. The van der Waals surface area contributed by atoms with Crippen molar-refractivity contribution in [3.05, 3.63) is 34.9 Å². The summed E-state index contributed by atoms with van der Waals surface area (Å²) >= 11 is 6.21. The molecule has 1 aromatic rings. The van der Waals surface area contributed by atoms with Gasteiger partial charge in [-0.3, -0.25) is 9.69 Å². The number of nitrogens with zero attached hydrogens (tertiary/aromatic N) is 3. The van der Waals surface area contributed by atoms with E-state index in [1.807, 2.05) is 41.0 Å². The maximum atomic E-state index is 12.5. The second kappa shape index (κ2) is 9.42. The van der Waals surface area contributed by atoms with E-state index in [-0.39, 0.29) is 18.0 Å². The normalized spacial score (nSPS) is 19.6. The average molecular weight is 393 g/mol. The molecule has 1 aromatic carbocycles. The molecule has 27 heavy (non-hydrogen) atoms. The van der Waals surface area contributed by atoms with Crippen LogP contribution < -0.4 is 5.32 Å². The number of hydrogen-bond donors (Lipinski definition) is 1. The number of nitrogens with one attached hydrogen (secondary N) is 1. The van der Waals surface area contributed by atoms with Gasteiger partial charge in [0.1, 0.15) is 0 Å². The Morgan fingerprint density at radius 1 is 1.00 bits per heavy atom. The van der Waals surface area contributed by atoms with E-state index in [9.17, 15) is 9.59 Å². The van der Waals surface area contributed by atoms with E-state index in [1.54, 1.807) is 0 Å². The highest BCUT2D eigenvalue weighted by molar-refractivity contribution is 6.31. The van der Waals surface area contributed by atoms with Crippen LogP contribution in [0.2, 0.25) is 5.02 Å². The molecule has 1 atom stereocenters. The first-order valence-corrected chi connectivity index (χ1v) is 10.2. The van der Waals surface area contributed by atoms with Gasteiger partial charge in [-0.1, -0.05) is 29.8 Å². The Bertz CT molecular complexity index is 655. The molecule has 3 rings (SSSR count). The summed E-state index contributed by atoms with van der Waals surface area (Å²) in [4.78, 5) is 30.9. The maximum Gasteiger partial charge on any atom is 0.317 e. The lowest BCUT2D eigenvalue weighted by molar-refractivity contribution is -0.133. The van der Waals surface area contributed by atoms with Crippen molar-refractivity contribution in [3.8, 4) is 0 Å². The third kappa shape index (κ3) is 5.36. The van der Waals surface area contributed by atoms with Crippen molar-refractivity contribution in [1.82, 2.24) is 20.0 Å². The van der Waals surface area contributed by atoms with Gasteiger partial charge in [-0.25, -0.2) is 4.79 Å². The first-order valence-electron chi connectivity index (χ1n) is 9.84. The molecule has 148 valence electrons. The van der Waals surface area contributed by atoms with Crippen molar-refractivity contribution in [2.45, 2.75) is 32.2 Å². The highest BCUT2D eigenvalue weighted by Gasteiger charge is 2.25. The molecular weight excluding hydrogens is 364 g/mol. The zero-order chi connectivity index (χ0) is 19.2. The van der Waals surface area contributed by atoms with Crippen LogP contribution in [0.4, 0.5) is 4.79 Å². The molecule has 0 aliphatic carbocycles. The minimum atomic E-state index is -0.148. The minimum Gasteiger partial charge on any atom is -0.342 e. The van der Waals surface area contributed by atoms with Crippen LogP contribution in [-0.2, 0) is 4.79 Å². The molecule has 2 aliphatic heterocycles. The zero-order valence-corrected chi connectivity index (χ0v) is 16.7. The highest BCUT2D eigenvalue weighted by Crippen LogP contribution is 2.22. The predicted octanol–water partition coefficient (Wildman–Crippen LogP) is 2.74. The summed E-state index contributed by atoms with van der Waals surface area (Å²) < 4.78 is 0. The van der Waals surface area contributed by atoms with Gasteiger partial charge in [-0.2, -0.15) is 0 Å². The third-order valence-corrected chi connectivity index (χ3v) is 5.78. The Morgan fingerprint density at radius 2 is 1.67 bits per heavy atom. The van der Waals surface area contributed by atoms with Crippen molar-refractivity contribution < 1.29 is 9.59 Å². The predicted molar refractivity (Wildman–Crippen MR) is 107 cm³/mol. The molecule has 6 nitrogen and oxygen atoms in total. The van der Waals surface area contributed by atoms with Gasteiger partial charge >= 0.3 is 6.03 Å². The van der Waals surface area contributed by atoms with E-state index >= 15 is 0 Å². The van der Waals surface area contributed by atoms with E-state index in [0.717, 1.165) is 44.6 Å². The number of piperidine rings is 1. The fourth-order valence-corrected chi connectivity index (χ4v) is 4.02. The van der Waals surface area contributed by atoms with E-state index in [2.05, 4.69) is 10.2 Å². The topological polar surface area (TPSA) is 55.9 Å². The van der Waals surface area contributed by atoms with Crippen molar-refractivity contribution in [1.29, 1.82) is 0 Å². The number of hydrogen-bond acceptors (Lipinski definition) is 3. The van der Waals surface area contributed by atoms with Gasteiger partial charge < -0.3 is 15.1 Å². The lowest BCUT2D eigenvalue weighted by atomic mass is 10.1. The van der Waals surface area contributed by atoms with Crippen LogP contribution in [0.3, 0.4) is 0 Å². The molecule has 0 saturated carbocycles. The molecule has 3 amide bonds. The Kier molecular flexibility index (Phi) is 6.96. The Labute approximate surface area is 166 Å².